The minimum absolute atomic E-state index is 0.0179. The molecule has 0 saturated carbocycles. The number of aliphatic carboxylic acids is 1. The van der Waals surface area contributed by atoms with Crippen molar-refractivity contribution in [1.82, 2.24) is 0 Å². The van der Waals surface area contributed by atoms with Gasteiger partial charge in [-0.1, -0.05) is 6.92 Å². The van der Waals surface area contributed by atoms with Crippen LogP contribution in [0.5, 0.6) is 0 Å². The van der Waals surface area contributed by atoms with E-state index in [4.69, 9.17) is 5.11 Å². The van der Waals surface area contributed by atoms with Crippen LogP contribution in [0, 0.1) is 10.1 Å². The van der Waals surface area contributed by atoms with Gasteiger partial charge in [-0.25, -0.2) is 4.79 Å². The Kier molecular flexibility index (Phi) is 3.77. The van der Waals surface area contributed by atoms with E-state index in [1.165, 1.54) is 18.2 Å². The molecular weight excluding hydrogens is 210 g/mol. The highest BCUT2D eigenvalue weighted by atomic mass is 16.6. The second-order valence-electron chi connectivity index (χ2n) is 3.17. The molecule has 0 aliphatic carbocycles. The number of hydrogen-bond acceptors (Lipinski definition) is 3. The summed E-state index contributed by atoms with van der Waals surface area (Å²) in [6.07, 6.45) is 3.06. The van der Waals surface area contributed by atoms with Gasteiger partial charge < -0.3 is 5.11 Å². The number of benzene rings is 1. The van der Waals surface area contributed by atoms with Crippen molar-refractivity contribution >= 4 is 17.7 Å². The molecule has 0 aromatic heterocycles. The second-order valence-corrected chi connectivity index (χ2v) is 3.17. The molecule has 16 heavy (non-hydrogen) atoms. The van der Waals surface area contributed by atoms with Crippen molar-refractivity contribution in [3.05, 3.63) is 45.5 Å². The number of carbonyl (C=O) groups is 1. The van der Waals surface area contributed by atoms with Crippen molar-refractivity contribution in [2.45, 2.75) is 13.3 Å². The molecule has 0 aliphatic rings. The smallest absolute Gasteiger partial charge is 0.328 e. The first-order chi connectivity index (χ1) is 7.54. The first kappa shape index (κ1) is 11.9. The summed E-state index contributed by atoms with van der Waals surface area (Å²) in [6.45, 7) is 1.86. The van der Waals surface area contributed by atoms with Gasteiger partial charge in [0.05, 0.1) is 4.92 Å². The van der Waals surface area contributed by atoms with Crippen LogP contribution < -0.4 is 0 Å². The SMILES string of the molecule is CCc1cc([N+](=O)[O-])ccc1C=CC(=O)O. The maximum atomic E-state index is 10.5. The fraction of sp³-hybridized carbons (Fsp3) is 0.182. The first-order valence-electron chi connectivity index (χ1n) is 4.73. The predicted octanol–water partition coefficient (Wildman–Crippen LogP) is 2.25. The summed E-state index contributed by atoms with van der Waals surface area (Å²) in [5.74, 6) is -1.04. The molecule has 0 saturated heterocycles. The molecule has 0 radical (unpaired) electrons. The number of aryl methyl sites for hydroxylation is 1. The van der Waals surface area contributed by atoms with Gasteiger partial charge in [0.2, 0.25) is 0 Å². The zero-order valence-electron chi connectivity index (χ0n) is 8.71. The van der Waals surface area contributed by atoms with E-state index in [-0.39, 0.29) is 5.69 Å². The van der Waals surface area contributed by atoms with Gasteiger partial charge in [-0.2, -0.15) is 0 Å². The largest absolute Gasteiger partial charge is 0.478 e. The van der Waals surface area contributed by atoms with Gasteiger partial charge in [0, 0.05) is 18.2 Å². The van der Waals surface area contributed by atoms with Crippen LogP contribution in [0.25, 0.3) is 6.08 Å². The summed E-state index contributed by atoms with van der Waals surface area (Å²) in [4.78, 5) is 20.4. The Morgan fingerprint density at radius 3 is 2.75 bits per heavy atom. The summed E-state index contributed by atoms with van der Waals surface area (Å²) in [5.41, 5.74) is 1.46. The van der Waals surface area contributed by atoms with E-state index >= 15 is 0 Å². The molecule has 0 fully saturated rings. The zero-order valence-corrected chi connectivity index (χ0v) is 8.71. The highest BCUT2D eigenvalue weighted by molar-refractivity contribution is 5.85. The minimum Gasteiger partial charge on any atom is -0.478 e. The van der Waals surface area contributed by atoms with E-state index in [2.05, 4.69) is 0 Å². The van der Waals surface area contributed by atoms with Crippen LogP contribution in [0.1, 0.15) is 18.1 Å². The maximum Gasteiger partial charge on any atom is 0.328 e. The average molecular weight is 221 g/mol. The summed E-state index contributed by atoms with van der Waals surface area (Å²) >= 11 is 0. The Morgan fingerprint density at radius 2 is 2.25 bits per heavy atom. The number of nitro benzene ring substituents is 1. The summed E-state index contributed by atoms with van der Waals surface area (Å²) < 4.78 is 0. The van der Waals surface area contributed by atoms with Crippen molar-refractivity contribution in [1.29, 1.82) is 0 Å². The molecule has 5 heteroatoms. The molecule has 0 unspecified atom stereocenters. The molecule has 0 atom stereocenters. The molecule has 0 amide bonds. The molecule has 84 valence electrons. The third-order valence-electron chi connectivity index (χ3n) is 2.12. The van der Waals surface area contributed by atoms with Crippen molar-refractivity contribution in [3.8, 4) is 0 Å². The van der Waals surface area contributed by atoms with E-state index in [9.17, 15) is 14.9 Å². The monoisotopic (exact) mass is 221 g/mol. The number of carboxylic acids is 1. The molecular formula is C11H11NO4. The number of rotatable bonds is 4. The fourth-order valence-electron chi connectivity index (χ4n) is 1.34. The molecule has 0 bridgehead atoms. The second kappa shape index (κ2) is 5.06. The summed E-state index contributed by atoms with van der Waals surface area (Å²) in [7, 11) is 0. The van der Waals surface area contributed by atoms with E-state index in [1.54, 1.807) is 6.07 Å². The van der Waals surface area contributed by atoms with Crippen molar-refractivity contribution in [2.75, 3.05) is 0 Å². The van der Waals surface area contributed by atoms with Crippen LogP contribution in [0.3, 0.4) is 0 Å². The summed E-state index contributed by atoms with van der Waals surface area (Å²) in [6, 6.07) is 4.37. The molecule has 5 nitrogen and oxygen atoms in total. The number of carboxylic acid groups (broad SMARTS) is 1. The molecule has 1 N–H and O–H groups in total. The van der Waals surface area contributed by atoms with Gasteiger partial charge in [-0.15, -0.1) is 0 Å². The number of nitro groups is 1. The maximum absolute atomic E-state index is 10.5. The Labute approximate surface area is 92.2 Å². The van der Waals surface area contributed by atoms with Crippen molar-refractivity contribution in [2.24, 2.45) is 0 Å². The van der Waals surface area contributed by atoms with Crippen LogP contribution in [0.15, 0.2) is 24.3 Å². The molecule has 1 aromatic rings. The zero-order chi connectivity index (χ0) is 12.1. The minimum atomic E-state index is -1.04. The van der Waals surface area contributed by atoms with Gasteiger partial charge in [0.15, 0.2) is 0 Å². The highest BCUT2D eigenvalue weighted by Gasteiger charge is 2.08. The van der Waals surface area contributed by atoms with Gasteiger partial charge in [-0.05, 0) is 29.7 Å². The lowest BCUT2D eigenvalue weighted by Crippen LogP contribution is -1.93. The van der Waals surface area contributed by atoms with Gasteiger partial charge in [0.25, 0.3) is 5.69 Å². The van der Waals surface area contributed by atoms with E-state index in [1.807, 2.05) is 6.92 Å². The van der Waals surface area contributed by atoms with E-state index in [0.717, 1.165) is 11.6 Å². The number of non-ortho nitro benzene ring substituents is 1. The van der Waals surface area contributed by atoms with E-state index < -0.39 is 10.9 Å². The van der Waals surface area contributed by atoms with Crippen LogP contribution in [-0.2, 0) is 11.2 Å². The van der Waals surface area contributed by atoms with Gasteiger partial charge in [0.1, 0.15) is 0 Å². The van der Waals surface area contributed by atoms with E-state index in [0.29, 0.717) is 12.0 Å². The Morgan fingerprint density at radius 1 is 1.56 bits per heavy atom. The average Bonchev–Trinajstić information content (AvgIpc) is 2.25. The lowest BCUT2D eigenvalue weighted by atomic mass is 10.0. The first-order valence-corrected chi connectivity index (χ1v) is 4.73. The van der Waals surface area contributed by atoms with Crippen molar-refractivity contribution < 1.29 is 14.8 Å². The lowest BCUT2D eigenvalue weighted by Gasteiger charge is -2.02. The third-order valence-corrected chi connectivity index (χ3v) is 2.12. The molecule has 0 spiro atoms. The molecule has 0 aliphatic heterocycles. The summed E-state index contributed by atoms with van der Waals surface area (Å²) in [5, 5.41) is 19.0. The quantitative estimate of drug-likeness (QED) is 0.480. The van der Waals surface area contributed by atoms with Crippen LogP contribution in [0.4, 0.5) is 5.69 Å². The Hall–Kier alpha value is -2.17. The molecule has 0 heterocycles. The lowest BCUT2D eigenvalue weighted by molar-refractivity contribution is -0.384. The Balaban J connectivity index is 3.11. The van der Waals surface area contributed by atoms with Gasteiger partial charge >= 0.3 is 5.97 Å². The number of nitrogens with zero attached hydrogens (tertiary/aromatic N) is 1. The predicted molar refractivity (Wildman–Crippen MR) is 59.1 cm³/mol. The Bertz CT molecular complexity index is 451. The topological polar surface area (TPSA) is 80.4 Å². The standard InChI is InChI=1S/C11H11NO4/c1-2-8-7-10(12(15)16)5-3-9(8)4-6-11(13)14/h3-7H,2H2,1H3,(H,13,14). The van der Waals surface area contributed by atoms with Gasteiger partial charge in [-0.3, -0.25) is 10.1 Å². The molecule has 1 rings (SSSR count). The van der Waals surface area contributed by atoms with Crippen molar-refractivity contribution in [3.63, 3.8) is 0 Å². The number of hydrogen-bond donors (Lipinski definition) is 1. The molecule has 1 aromatic carbocycles. The fourth-order valence-corrected chi connectivity index (χ4v) is 1.34. The highest BCUT2D eigenvalue weighted by Crippen LogP contribution is 2.19. The normalized spacial score (nSPS) is 10.6. The van der Waals surface area contributed by atoms with Crippen LogP contribution in [0.2, 0.25) is 0 Å². The third kappa shape index (κ3) is 2.91. The van der Waals surface area contributed by atoms with Crippen LogP contribution in [-0.4, -0.2) is 16.0 Å². The van der Waals surface area contributed by atoms with Crippen LogP contribution >= 0.6 is 0 Å².